The SMILES string of the molecule is CCCCCCCCCCCCCCCCNC(=O)N(CCCC)CCCC. The minimum Gasteiger partial charge on any atom is -0.338 e. The molecule has 0 aliphatic rings. The molecule has 0 aromatic heterocycles. The van der Waals surface area contributed by atoms with Gasteiger partial charge in [0.05, 0.1) is 0 Å². The van der Waals surface area contributed by atoms with Crippen molar-refractivity contribution >= 4 is 6.03 Å². The Hall–Kier alpha value is -0.730. The maximum atomic E-state index is 12.3. The van der Waals surface area contributed by atoms with Crippen LogP contribution in [-0.4, -0.2) is 30.6 Å². The van der Waals surface area contributed by atoms with E-state index < -0.39 is 0 Å². The first kappa shape index (κ1) is 27.3. The minimum absolute atomic E-state index is 0.150. The number of unbranched alkanes of at least 4 members (excludes halogenated alkanes) is 15. The highest BCUT2D eigenvalue weighted by atomic mass is 16.2. The molecule has 0 fully saturated rings. The van der Waals surface area contributed by atoms with Crippen LogP contribution in [0.15, 0.2) is 0 Å². The standard InChI is InChI=1S/C25H52N2O/c1-4-7-10-11-12-13-14-15-16-17-18-19-20-21-22-26-25(28)27(23-8-5-2)24-9-6-3/h4-24H2,1-3H3,(H,26,28). The number of hydrogen-bond acceptors (Lipinski definition) is 1. The van der Waals surface area contributed by atoms with E-state index >= 15 is 0 Å². The second kappa shape index (κ2) is 22.6. The van der Waals surface area contributed by atoms with Crippen LogP contribution in [0.25, 0.3) is 0 Å². The molecular weight excluding hydrogens is 344 g/mol. The third-order valence-corrected chi connectivity index (χ3v) is 5.66. The zero-order valence-electron chi connectivity index (χ0n) is 19.7. The molecule has 0 aliphatic carbocycles. The molecule has 0 radical (unpaired) electrons. The molecule has 0 saturated heterocycles. The monoisotopic (exact) mass is 396 g/mol. The van der Waals surface area contributed by atoms with E-state index in [4.69, 9.17) is 0 Å². The zero-order chi connectivity index (χ0) is 20.7. The van der Waals surface area contributed by atoms with Gasteiger partial charge in [-0.05, 0) is 19.3 Å². The van der Waals surface area contributed by atoms with Crippen LogP contribution in [0, 0.1) is 0 Å². The second-order valence-corrected chi connectivity index (χ2v) is 8.52. The van der Waals surface area contributed by atoms with E-state index in [9.17, 15) is 4.79 Å². The topological polar surface area (TPSA) is 32.3 Å². The van der Waals surface area contributed by atoms with Crippen molar-refractivity contribution in [3.05, 3.63) is 0 Å². The average molecular weight is 397 g/mol. The summed E-state index contributed by atoms with van der Waals surface area (Å²) in [5.41, 5.74) is 0. The lowest BCUT2D eigenvalue weighted by molar-refractivity contribution is 0.196. The van der Waals surface area contributed by atoms with Gasteiger partial charge in [-0.25, -0.2) is 4.79 Å². The molecule has 3 nitrogen and oxygen atoms in total. The summed E-state index contributed by atoms with van der Waals surface area (Å²) in [4.78, 5) is 14.3. The van der Waals surface area contributed by atoms with Crippen LogP contribution in [0.2, 0.25) is 0 Å². The van der Waals surface area contributed by atoms with Crippen LogP contribution < -0.4 is 5.32 Å². The summed E-state index contributed by atoms with van der Waals surface area (Å²) in [6.07, 6.45) is 23.8. The summed E-state index contributed by atoms with van der Waals surface area (Å²) in [6.45, 7) is 9.30. The molecular formula is C25H52N2O. The van der Waals surface area contributed by atoms with E-state index in [1.165, 1.54) is 83.5 Å². The average Bonchev–Trinajstić information content (AvgIpc) is 2.70. The molecule has 3 heteroatoms. The Morgan fingerprint density at radius 1 is 0.536 bits per heavy atom. The summed E-state index contributed by atoms with van der Waals surface area (Å²) in [5.74, 6) is 0. The van der Waals surface area contributed by atoms with Gasteiger partial charge >= 0.3 is 6.03 Å². The molecule has 0 aromatic rings. The molecule has 0 unspecified atom stereocenters. The molecule has 0 bridgehead atoms. The maximum absolute atomic E-state index is 12.3. The predicted octanol–water partition coefficient (Wildman–Crippen LogP) is 8.08. The van der Waals surface area contributed by atoms with Gasteiger partial charge in [-0.15, -0.1) is 0 Å². The van der Waals surface area contributed by atoms with E-state index in [0.717, 1.165) is 51.7 Å². The van der Waals surface area contributed by atoms with Gasteiger partial charge in [0.25, 0.3) is 0 Å². The maximum Gasteiger partial charge on any atom is 0.317 e. The van der Waals surface area contributed by atoms with E-state index in [0.29, 0.717) is 0 Å². The van der Waals surface area contributed by atoms with Gasteiger partial charge < -0.3 is 10.2 Å². The molecule has 0 aliphatic heterocycles. The Kier molecular flexibility index (Phi) is 22.0. The van der Waals surface area contributed by atoms with Gasteiger partial charge in [0, 0.05) is 19.6 Å². The van der Waals surface area contributed by atoms with E-state index in [1.54, 1.807) is 0 Å². The van der Waals surface area contributed by atoms with Gasteiger partial charge in [0.1, 0.15) is 0 Å². The van der Waals surface area contributed by atoms with Gasteiger partial charge in [-0.2, -0.15) is 0 Å². The first-order valence-electron chi connectivity index (χ1n) is 12.8. The van der Waals surface area contributed by atoms with Crippen molar-refractivity contribution in [2.75, 3.05) is 19.6 Å². The van der Waals surface area contributed by atoms with Crippen molar-refractivity contribution in [1.82, 2.24) is 10.2 Å². The van der Waals surface area contributed by atoms with Gasteiger partial charge in [-0.1, -0.05) is 117 Å². The molecule has 0 heterocycles. The fraction of sp³-hybridized carbons (Fsp3) is 0.960. The number of nitrogens with one attached hydrogen (secondary N) is 1. The Bertz CT molecular complexity index is 312. The first-order chi connectivity index (χ1) is 13.8. The summed E-state index contributed by atoms with van der Waals surface area (Å²) in [5, 5.41) is 3.13. The summed E-state index contributed by atoms with van der Waals surface area (Å²) >= 11 is 0. The fourth-order valence-corrected chi connectivity index (χ4v) is 3.64. The number of hydrogen-bond donors (Lipinski definition) is 1. The van der Waals surface area contributed by atoms with Crippen molar-refractivity contribution in [1.29, 1.82) is 0 Å². The molecule has 0 rings (SSSR count). The van der Waals surface area contributed by atoms with Crippen LogP contribution >= 0.6 is 0 Å². The van der Waals surface area contributed by atoms with Crippen molar-refractivity contribution < 1.29 is 4.79 Å². The van der Waals surface area contributed by atoms with Crippen LogP contribution in [0.1, 0.15) is 136 Å². The van der Waals surface area contributed by atoms with Crippen LogP contribution in [-0.2, 0) is 0 Å². The molecule has 28 heavy (non-hydrogen) atoms. The number of urea groups is 1. The lowest BCUT2D eigenvalue weighted by atomic mass is 10.0. The molecule has 1 N–H and O–H groups in total. The minimum atomic E-state index is 0.150. The van der Waals surface area contributed by atoms with Crippen molar-refractivity contribution in [3.63, 3.8) is 0 Å². The van der Waals surface area contributed by atoms with Crippen LogP contribution in [0.4, 0.5) is 4.79 Å². The van der Waals surface area contributed by atoms with Crippen molar-refractivity contribution in [3.8, 4) is 0 Å². The number of rotatable bonds is 21. The highest BCUT2D eigenvalue weighted by molar-refractivity contribution is 5.74. The van der Waals surface area contributed by atoms with Crippen LogP contribution in [0.3, 0.4) is 0 Å². The van der Waals surface area contributed by atoms with E-state index in [1.807, 2.05) is 4.90 Å². The van der Waals surface area contributed by atoms with Crippen LogP contribution in [0.5, 0.6) is 0 Å². The summed E-state index contributed by atoms with van der Waals surface area (Å²) in [6, 6.07) is 0.150. The molecule has 0 saturated carbocycles. The number of nitrogens with zero attached hydrogens (tertiary/aromatic N) is 1. The quantitative estimate of drug-likeness (QED) is 0.195. The lowest BCUT2D eigenvalue weighted by Crippen LogP contribution is -2.41. The fourth-order valence-electron chi connectivity index (χ4n) is 3.64. The molecule has 0 aromatic carbocycles. The summed E-state index contributed by atoms with van der Waals surface area (Å²) in [7, 11) is 0. The van der Waals surface area contributed by atoms with Crippen molar-refractivity contribution in [2.45, 2.75) is 136 Å². The Morgan fingerprint density at radius 2 is 0.893 bits per heavy atom. The highest BCUT2D eigenvalue weighted by Gasteiger charge is 2.11. The third kappa shape index (κ3) is 18.6. The lowest BCUT2D eigenvalue weighted by Gasteiger charge is -2.22. The molecule has 0 atom stereocenters. The highest BCUT2D eigenvalue weighted by Crippen LogP contribution is 2.12. The molecule has 168 valence electrons. The first-order valence-corrected chi connectivity index (χ1v) is 12.8. The molecule has 0 spiro atoms. The Balaban J connectivity index is 3.42. The number of carbonyl (C=O) groups excluding carboxylic acids is 1. The van der Waals surface area contributed by atoms with Gasteiger partial charge in [-0.3, -0.25) is 0 Å². The Labute approximate surface area is 177 Å². The van der Waals surface area contributed by atoms with E-state index in [-0.39, 0.29) is 6.03 Å². The Morgan fingerprint density at radius 3 is 1.29 bits per heavy atom. The molecule has 2 amide bonds. The van der Waals surface area contributed by atoms with Gasteiger partial charge in [0.2, 0.25) is 0 Å². The predicted molar refractivity (Wildman–Crippen MR) is 125 cm³/mol. The van der Waals surface area contributed by atoms with Crippen molar-refractivity contribution in [2.24, 2.45) is 0 Å². The zero-order valence-corrected chi connectivity index (χ0v) is 19.7. The smallest absolute Gasteiger partial charge is 0.317 e. The summed E-state index contributed by atoms with van der Waals surface area (Å²) < 4.78 is 0. The number of carbonyl (C=O) groups is 1. The van der Waals surface area contributed by atoms with E-state index in [2.05, 4.69) is 26.1 Å². The number of amides is 2. The second-order valence-electron chi connectivity index (χ2n) is 8.52. The third-order valence-electron chi connectivity index (χ3n) is 5.66. The normalized spacial score (nSPS) is 11.0. The largest absolute Gasteiger partial charge is 0.338 e. The van der Waals surface area contributed by atoms with Gasteiger partial charge in [0.15, 0.2) is 0 Å².